The lowest BCUT2D eigenvalue weighted by Gasteiger charge is -2.22. The van der Waals surface area contributed by atoms with Crippen molar-refractivity contribution < 1.29 is 14.6 Å². The van der Waals surface area contributed by atoms with Crippen LogP contribution < -0.4 is 0 Å². The first kappa shape index (κ1) is 16.5. The first-order chi connectivity index (χ1) is 11.8. The van der Waals surface area contributed by atoms with Crippen LogP contribution in [0.3, 0.4) is 0 Å². The number of amides is 1. The number of benzene rings is 2. The summed E-state index contributed by atoms with van der Waals surface area (Å²) in [6.07, 6.45) is 0.484. The van der Waals surface area contributed by atoms with Crippen molar-refractivity contribution in [3.05, 3.63) is 59.7 Å². The number of rotatable bonds is 6. The van der Waals surface area contributed by atoms with Gasteiger partial charge in [0, 0.05) is 19.0 Å². The lowest BCUT2D eigenvalue weighted by atomic mass is 9.98. The average Bonchev–Trinajstić information content (AvgIpc) is 2.93. The summed E-state index contributed by atoms with van der Waals surface area (Å²) in [5.74, 6) is 0.0685. The highest BCUT2D eigenvalue weighted by atomic mass is 16.6. The molecular weight excluding hydrogens is 302 g/mol. The normalized spacial score (nSPS) is 12.6. The summed E-state index contributed by atoms with van der Waals surface area (Å²) in [4.78, 5) is 13.9. The molecule has 3 rings (SSSR count). The molecule has 0 saturated carbocycles. The first-order valence-electron chi connectivity index (χ1n) is 8.47. The number of fused-ring (bicyclic) bond motifs is 3. The van der Waals surface area contributed by atoms with Crippen molar-refractivity contribution in [1.82, 2.24) is 4.90 Å². The molecule has 1 aliphatic rings. The SMILES string of the molecule is CCCN(CCO)C(=O)OCC1c2ccccc2-c2ccccc21. The van der Waals surface area contributed by atoms with Gasteiger partial charge in [0.05, 0.1) is 6.61 Å². The van der Waals surface area contributed by atoms with Gasteiger partial charge in [-0.05, 0) is 28.7 Å². The molecule has 0 unspecified atom stereocenters. The number of ether oxygens (including phenoxy) is 1. The topological polar surface area (TPSA) is 49.8 Å². The van der Waals surface area contributed by atoms with E-state index >= 15 is 0 Å². The molecule has 0 fully saturated rings. The maximum absolute atomic E-state index is 12.3. The lowest BCUT2D eigenvalue weighted by Crippen LogP contribution is -2.35. The Morgan fingerprint density at radius 3 is 2.17 bits per heavy atom. The van der Waals surface area contributed by atoms with Gasteiger partial charge in [0.1, 0.15) is 6.61 Å². The van der Waals surface area contributed by atoms with E-state index in [-0.39, 0.29) is 18.6 Å². The standard InChI is InChI=1S/C20H23NO3/c1-2-11-21(12-13-22)20(23)24-14-19-17-9-5-3-7-15(17)16-8-4-6-10-18(16)19/h3-10,19,22H,2,11-14H2,1H3. The molecule has 1 aliphatic carbocycles. The van der Waals surface area contributed by atoms with Gasteiger partial charge in [0.25, 0.3) is 0 Å². The molecule has 0 aliphatic heterocycles. The minimum Gasteiger partial charge on any atom is -0.448 e. The Hall–Kier alpha value is -2.33. The van der Waals surface area contributed by atoms with Crippen molar-refractivity contribution in [2.24, 2.45) is 0 Å². The summed E-state index contributed by atoms with van der Waals surface area (Å²) in [6, 6.07) is 16.6. The molecule has 126 valence electrons. The van der Waals surface area contributed by atoms with Crippen LogP contribution >= 0.6 is 0 Å². The van der Waals surface area contributed by atoms with Gasteiger partial charge in [-0.1, -0.05) is 55.5 Å². The Morgan fingerprint density at radius 2 is 1.62 bits per heavy atom. The zero-order valence-electron chi connectivity index (χ0n) is 13.9. The zero-order chi connectivity index (χ0) is 16.9. The second kappa shape index (κ2) is 7.49. The van der Waals surface area contributed by atoms with Gasteiger partial charge in [-0.25, -0.2) is 4.79 Å². The summed E-state index contributed by atoms with van der Waals surface area (Å²) in [6.45, 7) is 3.17. The maximum Gasteiger partial charge on any atom is 0.409 e. The van der Waals surface area contributed by atoms with Crippen molar-refractivity contribution >= 4 is 6.09 Å². The van der Waals surface area contributed by atoms with E-state index in [1.165, 1.54) is 22.3 Å². The molecule has 0 heterocycles. The highest BCUT2D eigenvalue weighted by molar-refractivity contribution is 5.79. The van der Waals surface area contributed by atoms with Crippen LogP contribution in [0.2, 0.25) is 0 Å². The van der Waals surface area contributed by atoms with Crippen LogP contribution in [0, 0.1) is 0 Å². The fourth-order valence-electron chi connectivity index (χ4n) is 3.37. The minimum absolute atomic E-state index is 0.0514. The largest absolute Gasteiger partial charge is 0.448 e. The number of carbonyl (C=O) groups excluding carboxylic acids is 1. The van der Waals surface area contributed by atoms with Crippen molar-refractivity contribution in [1.29, 1.82) is 0 Å². The van der Waals surface area contributed by atoms with Crippen LogP contribution in [-0.4, -0.2) is 42.4 Å². The molecule has 0 radical (unpaired) electrons. The van der Waals surface area contributed by atoms with E-state index < -0.39 is 0 Å². The molecule has 0 saturated heterocycles. The summed E-state index contributed by atoms with van der Waals surface area (Å²) in [7, 11) is 0. The second-order valence-corrected chi connectivity index (χ2v) is 6.01. The molecule has 2 aromatic carbocycles. The fourth-order valence-corrected chi connectivity index (χ4v) is 3.37. The lowest BCUT2D eigenvalue weighted by molar-refractivity contribution is 0.0919. The van der Waals surface area contributed by atoms with E-state index in [1.807, 2.05) is 31.2 Å². The number of carbonyl (C=O) groups is 1. The highest BCUT2D eigenvalue weighted by Crippen LogP contribution is 2.44. The Morgan fingerprint density at radius 1 is 1.04 bits per heavy atom. The van der Waals surface area contributed by atoms with Crippen LogP contribution in [0.15, 0.2) is 48.5 Å². The predicted molar refractivity (Wildman–Crippen MR) is 94.0 cm³/mol. The second-order valence-electron chi connectivity index (χ2n) is 6.01. The smallest absolute Gasteiger partial charge is 0.409 e. The Bertz CT molecular complexity index is 662. The maximum atomic E-state index is 12.3. The van der Waals surface area contributed by atoms with E-state index in [9.17, 15) is 4.79 Å². The minimum atomic E-state index is -0.354. The van der Waals surface area contributed by atoms with Crippen LogP contribution in [0.5, 0.6) is 0 Å². The first-order valence-corrected chi connectivity index (χ1v) is 8.47. The summed E-state index contributed by atoms with van der Waals surface area (Å²) >= 11 is 0. The van der Waals surface area contributed by atoms with Gasteiger partial charge in [0.15, 0.2) is 0 Å². The Balaban J connectivity index is 1.77. The van der Waals surface area contributed by atoms with Crippen molar-refractivity contribution in [2.75, 3.05) is 26.3 Å². The highest BCUT2D eigenvalue weighted by Gasteiger charge is 2.29. The average molecular weight is 325 g/mol. The summed E-state index contributed by atoms with van der Waals surface area (Å²) < 4.78 is 5.58. The van der Waals surface area contributed by atoms with Crippen molar-refractivity contribution in [3.63, 3.8) is 0 Å². The van der Waals surface area contributed by atoms with E-state index in [4.69, 9.17) is 9.84 Å². The molecular formula is C20H23NO3. The Labute approximate surface area is 142 Å². The molecule has 0 spiro atoms. The van der Waals surface area contributed by atoms with E-state index in [1.54, 1.807) is 4.90 Å². The summed E-state index contributed by atoms with van der Waals surface area (Å²) in [5.41, 5.74) is 4.84. The molecule has 0 bridgehead atoms. The Kier molecular flexibility index (Phi) is 5.16. The van der Waals surface area contributed by atoms with Gasteiger partial charge in [-0.3, -0.25) is 0 Å². The monoisotopic (exact) mass is 325 g/mol. The number of aliphatic hydroxyl groups is 1. The number of nitrogens with zero attached hydrogens (tertiary/aromatic N) is 1. The number of hydrogen-bond donors (Lipinski definition) is 1. The van der Waals surface area contributed by atoms with Gasteiger partial charge in [0.2, 0.25) is 0 Å². The molecule has 2 aromatic rings. The molecule has 4 heteroatoms. The van der Waals surface area contributed by atoms with Gasteiger partial charge in [-0.2, -0.15) is 0 Å². The molecule has 0 aromatic heterocycles. The molecule has 0 atom stereocenters. The number of aliphatic hydroxyl groups excluding tert-OH is 1. The van der Waals surface area contributed by atoms with Crippen LogP contribution in [0.4, 0.5) is 4.79 Å². The van der Waals surface area contributed by atoms with E-state index in [0.29, 0.717) is 19.7 Å². The fraction of sp³-hybridized carbons (Fsp3) is 0.350. The van der Waals surface area contributed by atoms with Crippen molar-refractivity contribution in [3.8, 4) is 11.1 Å². The summed E-state index contributed by atoms with van der Waals surface area (Å²) in [5, 5.41) is 9.10. The van der Waals surface area contributed by atoms with Crippen molar-refractivity contribution in [2.45, 2.75) is 19.3 Å². The van der Waals surface area contributed by atoms with Crippen LogP contribution in [0.25, 0.3) is 11.1 Å². The third-order valence-electron chi connectivity index (χ3n) is 4.46. The molecule has 1 amide bonds. The molecule has 4 nitrogen and oxygen atoms in total. The zero-order valence-corrected chi connectivity index (χ0v) is 13.9. The quantitative estimate of drug-likeness (QED) is 0.882. The van der Waals surface area contributed by atoms with Gasteiger partial charge < -0.3 is 14.7 Å². The van der Waals surface area contributed by atoms with E-state index in [2.05, 4.69) is 24.3 Å². The van der Waals surface area contributed by atoms with Gasteiger partial charge >= 0.3 is 6.09 Å². The number of hydrogen-bond acceptors (Lipinski definition) is 3. The van der Waals surface area contributed by atoms with Crippen LogP contribution in [0.1, 0.15) is 30.4 Å². The van der Waals surface area contributed by atoms with Crippen LogP contribution in [-0.2, 0) is 4.74 Å². The molecule has 24 heavy (non-hydrogen) atoms. The predicted octanol–water partition coefficient (Wildman–Crippen LogP) is 3.64. The third-order valence-corrected chi connectivity index (χ3v) is 4.46. The van der Waals surface area contributed by atoms with E-state index in [0.717, 1.165) is 6.42 Å². The third kappa shape index (κ3) is 3.15. The molecule has 1 N–H and O–H groups in total. The van der Waals surface area contributed by atoms with Gasteiger partial charge in [-0.15, -0.1) is 0 Å².